The molecule has 7 heteroatoms. The Morgan fingerprint density at radius 1 is 1.47 bits per heavy atom. The van der Waals surface area contributed by atoms with E-state index in [1.165, 1.54) is 17.3 Å². The largest absolute Gasteiger partial charge is 0.345 e. The maximum atomic E-state index is 11.8. The number of thioether (sulfide) groups is 1. The van der Waals surface area contributed by atoms with Crippen molar-refractivity contribution in [1.29, 1.82) is 0 Å². The number of H-pyrrole nitrogens is 1. The Labute approximate surface area is 115 Å². The highest BCUT2D eigenvalue weighted by molar-refractivity contribution is 8.00. The van der Waals surface area contributed by atoms with Crippen LogP contribution in [0.2, 0.25) is 0 Å². The maximum Gasteiger partial charge on any atom is 0.230 e. The molecule has 0 radical (unpaired) electrons. The number of aromatic nitrogens is 4. The number of carbonyl (C=O) groups is 1. The molecule has 0 fully saturated rings. The van der Waals surface area contributed by atoms with Crippen LogP contribution >= 0.6 is 11.8 Å². The van der Waals surface area contributed by atoms with Crippen LogP contribution in [0.3, 0.4) is 0 Å². The summed E-state index contributed by atoms with van der Waals surface area (Å²) in [5, 5.41) is 16.3. The summed E-state index contributed by atoms with van der Waals surface area (Å²) in [4.78, 5) is 12.9. The summed E-state index contributed by atoms with van der Waals surface area (Å²) >= 11 is 1.52. The average Bonchev–Trinajstić information content (AvgIpc) is 2.91. The summed E-state index contributed by atoms with van der Waals surface area (Å²) in [5.74, 6) is 0.798. The van der Waals surface area contributed by atoms with Gasteiger partial charge in [0.05, 0.1) is 11.8 Å². The number of rotatable bonds is 5. The van der Waals surface area contributed by atoms with Crippen molar-refractivity contribution in [3.05, 3.63) is 35.7 Å². The van der Waals surface area contributed by atoms with Crippen LogP contribution in [0.5, 0.6) is 0 Å². The van der Waals surface area contributed by atoms with Crippen LogP contribution in [0, 0.1) is 6.92 Å². The number of amides is 1. The van der Waals surface area contributed by atoms with Gasteiger partial charge >= 0.3 is 0 Å². The first-order valence-electron chi connectivity index (χ1n) is 5.88. The molecule has 6 nitrogen and oxygen atoms in total. The van der Waals surface area contributed by atoms with Gasteiger partial charge in [0, 0.05) is 4.90 Å². The molecular weight excluding hydrogens is 262 g/mol. The molecule has 0 saturated carbocycles. The number of aryl methyl sites for hydroxylation is 1. The lowest BCUT2D eigenvalue weighted by Gasteiger charge is -2.10. The maximum absolute atomic E-state index is 11.8. The first-order valence-corrected chi connectivity index (χ1v) is 6.86. The lowest BCUT2D eigenvalue weighted by Crippen LogP contribution is -2.28. The molecule has 2 aromatic rings. The third-order valence-electron chi connectivity index (χ3n) is 2.58. The zero-order valence-electron chi connectivity index (χ0n) is 10.8. The van der Waals surface area contributed by atoms with Gasteiger partial charge in [-0.3, -0.25) is 4.79 Å². The molecule has 0 aliphatic heterocycles. The van der Waals surface area contributed by atoms with Crippen molar-refractivity contribution >= 4 is 17.7 Å². The first kappa shape index (κ1) is 13.5. The minimum Gasteiger partial charge on any atom is -0.345 e. The molecule has 100 valence electrons. The van der Waals surface area contributed by atoms with Gasteiger partial charge in [0.15, 0.2) is 5.82 Å². The second-order valence-electron chi connectivity index (χ2n) is 4.11. The highest BCUT2D eigenvalue weighted by Gasteiger charge is 2.13. The predicted octanol–water partition coefficient (Wildman–Crippen LogP) is 1.48. The number of benzene rings is 1. The Bertz CT molecular complexity index is 543. The Morgan fingerprint density at radius 2 is 2.26 bits per heavy atom. The molecule has 2 N–H and O–H groups in total. The minimum absolute atomic E-state index is 0.0504. The predicted molar refractivity (Wildman–Crippen MR) is 72.6 cm³/mol. The fourth-order valence-corrected chi connectivity index (χ4v) is 2.40. The van der Waals surface area contributed by atoms with Crippen LogP contribution in [0.1, 0.15) is 24.4 Å². The van der Waals surface area contributed by atoms with Crippen LogP contribution in [0.15, 0.2) is 29.2 Å². The molecule has 1 aromatic heterocycles. The molecular formula is C12H15N5OS. The third kappa shape index (κ3) is 3.78. The van der Waals surface area contributed by atoms with Crippen molar-refractivity contribution in [3.63, 3.8) is 0 Å². The van der Waals surface area contributed by atoms with E-state index in [0.717, 1.165) is 4.90 Å². The van der Waals surface area contributed by atoms with Crippen LogP contribution in [-0.4, -0.2) is 32.3 Å². The van der Waals surface area contributed by atoms with Crippen molar-refractivity contribution < 1.29 is 4.79 Å². The lowest BCUT2D eigenvalue weighted by molar-refractivity contribution is -0.119. The van der Waals surface area contributed by atoms with E-state index in [0.29, 0.717) is 11.6 Å². The summed E-state index contributed by atoms with van der Waals surface area (Å²) in [6.45, 7) is 3.85. The number of hydrogen-bond donors (Lipinski definition) is 2. The van der Waals surface area contributed by atoms with Gasteiger partial charge < -0.3 is 5.32 Å². The molecule has 0 aliphatic carbocycles. The van der Waals surface area contributed by atoms with Crippen molar-refractivity contribution in [2.75, 3.05) is 5.75 Å². The molecule has 19 heavy (non-hydrogen) atoms. The Kier molecular flexibility index (Phi) is 4.51. The fraction of sp³-hybridized carbons (Fsp3) is 0.333. The monoisotopic (exact) mass is 277 g/mol. The molecule has 1 atom stereocenters. The van der Waals surface area contributed by atoms with E-state index in [2.05, 4.69) is 25.9 Å². The highest BCUT2D eigenvalue weighted by atomic mass is 32.2. The van der Waals surface area contributed by atoms with Crippen molar-refractivity contribution in [2.45, 2.75) is 24.8 Å². The topological polar surface area (TPSA) is 83.6 Å². The minimum atomic E-state index is -0.247. The van der Waals surface area contributed by atoms with E-state index >= 15 is 0 Å². The SMILES string of the molecule is Cc1ccccc1SCC(=O)NC(C)c1nn[nH]n1. The standard InChI is InChI=1S/C12H15N5OS/c1-8-5-3-4-6-10(8)19-7-11(18)13-9(2)12-14-16-17-15-12/h3-6,9H,7H2,1-2H3,(H,13,18)(H,14,15,16,17). The Hall–Kier alpha value is -1.89. The molecule has 0 saturated heterocycles. The lowest BCUT2D eigenvalue weighted by atomic mass is 10.2. The average molecular weight is 277 g/mol. The molecule has 0 aliphatic rings. The zero-order valence-corrected chi connectivity index (χ0v) is 11.6. The molecule has 1 aromatic carbocycles. The molecule has 1 unspecified atom stereocenters. The fourth-order valence-electron chi connectivity index (χ4n) is 1.56. The molecule has 1 amide bonds. The van der Waals surface area contributed by atoms with E-state index in [1.807, 2.05) is 38.1 Å². The van der Waals surface area contributed by atoms with Gasteiger partial charge in [0.25, 0.3) is 0 Å². The number of nitrogens with zero attached hydrogens (tertiary/aromatic N) is 3. The molecule has 2 rings (SSSR count). The van der Waals surface area contributed by atoms with Crippen LogP contribution < -0.4 is 5.32 Å². The Balaban J connectivity index is 1.84. The summed E-state index contributed by atoms with van der Waals surface area (Å²) in [6.07, 6.45) is 0. The van der Waals surface area contributed by atoms with Gasteiger partial charge in [-0.2, -0.15) is 5.21 Å². The van der Waals surface area contributed by atoms with E-state index in [1.54, 1.807) is 0 Å². The molecule has 1 heterocycles. The van der Waals surface area contributed by atoms with Gasteiger partial charge in [-0.1, -0.05) is 23.4 Å². The van der Waals surface area contributed by atoms with E-state index in [4.69, 9.17) is 0 Å². The van der Waals surface area contributed by atoms with Crippen LogP contribution in [0.25, 0.3) is 0 Å². The normalized spacial score (nSPS) is 12.1. The van der Waals surface area contributed by atoms with E-state index in [-0.39, 0.29) is 11.9 Å². The smallest absolute Gasteiger partial charge is 0.230 e. The summed E-state index contributed by atoms with van der Waals surface area (Å²) < 4.78 is 0. The number of tetrazole rings is 1. The van der Waals surface area contributed by atoms with Crippen molar-refractivity contribution in [2.24, 2.45) is 0 Å². The second kappa shape index (κ2) is 6.33. The second-order valence-corrected chi connectivity index (χ2v) is 5.13. The zero-order chi connectivity index (χ0) is 13.7. The quantitative estimate of drug-likeness (QED) is 0.809. The van der Waals surface area contributed by atoms with Crippen molar-refractivity contribution in [3.8, 4) is 0 Å². The van der Waals surface area contributed by atoms with Crippen LogP contribution in [-0.2, 0) is 4.79 Å². The highest BCUT2D eigenvalue weighted by Crippen LogP contribution is 2.21. The van der Waals surface area contributed by atoms with Crippen molar-refractivity contribution in [1.82, 2.24) is 25.9 Å². The molecule has 0 bridgehead atoms. The van der Waals surface area contributed by atoms with Gasteiger partial charge in [-0.05, 0) is 25.5 Å². The van der Waals surface area contributed by atoms with Gasteiger partial charge in [-0.15, -0.1) is 22.0 Å². The third-order valence-corrected chi connectivity index (χ3v) is 3.75. The van der Waals surface area contributed by atoms with Gasteiger partial charge in [0.2, 0.25) is 5.91 Å². The summed E-state index contributed by atoms with van der Waals surface area (Å²) in [7, 11) is 0. The number of hydrogen-bond acceptors (Lipinski definition) is 5. The van der Waals surface area contributed by atoms with Gasteiger partial charge in [-0.25, -0.2) is 0 Å². The first-order chi connectivity index (χ1) is 9.16. The summed E-state index contributed by atoms with van der Waals surface area (Å²) in [6, 6.07) is 7.74. The number of nitrogens with one attached hydrogen (secondary N) is 2. The number of aromatic amines is 1. The summed E-state index contributed by atoms with van der Waals surface area (Å²) in [5.41, 5.74) is 1.17. The molecule has 0 spiro atoms. The Morgan fingerprint density at radius 3 is 2.95 bits per heavy atom. The van der Waals surface area contributed by atoms with Crippen LogP contribution in [0.4, 0.5) is 0 Å². The van der Waals surface area contributed by atoms with Gasteiger partial charge in [0.1, 0.15) is 0 Å². The van der Waals surface area contributed by atoms with E-state index in [9.17, 15) is 4.79 Å². The number of carbonyl (C=O) groups excluding carboxylic acids is 1. The van der Waals surface area contributed by atoms with E-state index < -0.39 is 0 Å².